The summed E-state index contributed by atoms with van der Waals surface area (Å²) in [5, 5.41) is 0. The van der Waals surface area contributed by atoms with E-state index < -0.39 is 0 Å². The largest absolute Gasteiger partial charge is 0.382 e. The molecule has 1 aromatic rings. The molecule has 0 aliphatic carbocycles. The van der Waals surface area contributed by atoms with Crippen molar-refractivity contribution in [2.45, 2.75) is 6.61 Å². The molecule has 0 aliphatic rings. The minimum absolute atomic E-state index is 0.631. The summed E-state index contributed by atoms with van der Waals surface area (Å²) in [6.07, 6.45) is 3.52. The van der Waals surface area contributed by atoms with Gasteiger partial charge >= 0.3 is 0 Å². The van der Waals surface area contributed by atoms with Crippen molar-refractivity contribution in [2.24, 2.45) is 0 Å². The van der Waals surface area contributed by atoms with E-state index in [-0.39, 0.29) is 0 Å². The predicted molar refractivity (Wildman–Crippen MR) is 45.8 cm³/mol. The van der Waals surface area contributed by atoms with Crippen LogP contribution in [0, 0.1) is 0 Å². The van der Waals surface area contributed by atoms with Gasteiger partial charge in [-0.15, -0.1) is 0 Å². The molecule has 0 spiro atoms. The summed E-state index contributed by atoms with van der Waals surface area (Å²) in [5.41, 5.74) is 1.14. The monoisotopic (exact) mass is 167 g/mol. The molecule has 12 heavy (non-hydrogen) atoms. The number of hydrogen-bond donors (Lipinski definition) is 0. The maximum atomic E-state index is 5.31. The Morgan fingerprint density at radius 3 is 2.67 bits per heavy atom. The zero-order valence-electron chi connectivity index (χ0n) is 7.19. The zero-order valence-corrected chi connectivity index (χ0v) is 7.19. The Labute approximate surface area is 72.3 Å². The molecule has 0 N–H and O–H groups in total. The third kappa shape index (κ3) is 3.46. The van der Waals surface area contributed by atoms with Crippen LogP contribution in [0.15, 0.2) is 24.5 Å². The molecule has 1 heterocycles. The van der Waals surface area contributed by atoms with E-state index in [9.17, 15) is 0 Å². The minimum atomic E-state index is 0.631. The Bertz CT molecular complexity index is 201. The number of rotatable bonds is 5. The molecule has 0 saturated carbocycles. The van der Waals surface area contributed by atoms with E-state index in [0.29, 0.717) is 19.8 Å². The second-order valence-corrected chi connectivity index (χ2v) is 2.40. The van der Waals surface area contributed by atoms with Gasteiger partial charge in [0.1, 0.15) is 0 Å². The lowest BCUT2D eigenvalue weighted by Gasteiger charge is -2.02. The molecule has 3 heteroatoms. The molecule has 66 valence electrons. The van der Waals surface area contributed by atoms with E-state index in [4.69, 9.17) is 9.47 Å². The maximum Gasteiger partial charge on any atom is 0.0719 e. The van der Waals surface area contributed by atoms with Crippen molar-refractivity contribution < 1.29 is 9.47 Å². The molecule has 3 nitrogen and oxygen atoms in total. The maximum absolute atomic E-state index is 5.31. The SMILES string of the molecule is COCCOCc1ccncc1. The molecule has 1 rings (SSSR count). The van der Waals surface area contributed by atoms with E-state index in [1.54, 1.807) is 19.5 Å². The van der Waals surface area contributed by atoms with Gasteiger partial charge in [0.25, 0.3) is 0 Å². The number of methoxy groups -OCH3 is 1. The van der Waals surface area contributed by atoms with Gasteiger partial charge in [-0.1, -0.05) is 0 Å². The third-order valence-electron chi connectivity index (χ3n) is 1.45. The average molecular weight is 167 g/mol. The lowest BCUT2D eigenvalue weighted by molar-refractivity contribution is 0.0616. The predicted octanol–water partition coefficient (Wildman–Crippen LogP) is 1.24. The fourth-order valence-electron chi connectivity index (χ4n) is 0.811. The van der Waals surface area contributed by atoms with Crippen molar-refractivity contribution >= 4 is 0 Å². The molecule has 0 fully saturated rings. The lowest BCUT2D eigenvalue weighted by atomic mass is 10.3. The van der Waals surface area contributed by atoms with Gasteiger partial charge in [0.2, 0.25) is 0 Å². The number of hydrogen-bond acceptors (Lipinski definition) is 3. The topological polar surface area (TPSA) is 31.4 Å². The van der Waals surface area contributed by atoms with Gasteiger partial charge in [0.15, 0.2) is 0 Å². The Balaban J connectivity index is 2.16. The van der Waals surface area contributed by atoms with Gasteiger partial charge in [-0.25, -0.2) is 0 Å². The van der Waals surface area contributed by atoms with E-state index in [1.165, 1.54) is 0 Å². The fourth-order valence-corrected chi connectivity index (χ4v) is 0.811. The molecule has 0 atom stereocenters. The highest BCUT2D eigenvalue weighted by Crippen LogP contribution is 1.97. The number of nitrogens with zero attached hydrogens (tertiary/aromatic N) is 1. The highest BCUT2D eigenvalue weighted by atomic mass is 16.5. The summed E-state index contributed by atoms with van der Waals surface area (Å²) in [6, 6.07) is 3.87. The van der Waals surface area contributed by atoms with Gasteiger partial charge in [0.05, 0.1) is 19.8 Å². The van der Waals surface area contributed by atoms with Crippen molar-refractivity contribution in [3.05, 3.63) is 30.1 Å². The van der Waals surface area contributed by atoms with Gasteiger partial charge in [-0.05, 0) is 17.7 Å². The molecular weight excluding hydrogens is 154 g/mol. The van der Waals surface area contributed by atoms with Crippen molar-refractivity contribution in [1.82, 2.24) is 4.98 Å². The van der Waals surface area contributed by atoms with E-state index in [1.807, 2.05) is 12.1 Å². The summed E-state index contributed by atoms with van der Waals surface area (Å²) in [6.45, 7) is 1.91. The first kappa shape index (κ1) is 9.16. The van der Waals surface area contributed by atoms with Gasteiger partial charge in [0, 0.05) is 19.5 Å². The number of pyridine rings is 1. The second-order valence-electron chi connectivity index (χ2n) is 2.40. The van der Waals surface area contributed by atoms with Crippen LogP contribution >= 0.6 is 0 Å². The Morgan fingerprint density at radius 1 is 1.25 bits per heavy atom. The fraction of sp³-hybridized carbons (Fsp3) is 0.444. The third-order valence-corrected chi connectivity index (χ3v) is 1.45. The standard InChI is InChI=1S/C9H13NO2/c1-11-6-7-12-8-9-2-4-10-5-3-9/h2-5H,6-8H2,1H3. The first-order valence-electron chi connectivity index (χ1n) is 3.89. The normalized spacial score (nSPS) is 10.1. The molecule has 0 aliphatic heterocycles. The summed E-state index contributed by atoms with van der Waals surface area (Å²) in [5.74, 6) is 0. The van der Waals surface area contributed by atoms with Crippen LogP contribution in [0.2, 0.25) is 0 Å². The van der Waals surface area contributed by atoms with E-state index in [0.717, 1.165) is 5.56 Å². The van der Waals surface area contributed by atoms with Crippen molar-refractivity contribution in [3.8, 4) is 0 Å². The molecule has 0 amide bonds. The van der Waals surface area contributed by atoms with Crippen molar-refractivity contribution in [2.75, 3.05) is 20.3 Å². The van der Waals surface area contributed by atoms with Crippen LogP contribution in [0.5, 0.6) is 0 Å². The second kappa shape index (κ2) is 5.69. The summed E-state index contributed by atoms with van der Waals surface area (Å²) in [4.78, 5) is 3.91. The first-order valence-corrected chi connectivity index (χ1v) is 3.89. The van der Waals surface area contributed by atoms with Crippen LogP contribution in [0.25, 0.3) is 0 Å². The highest BCUT2D eigenvalue weighted by molar-refractivity contribution is 5.07. The number of aromatic nitrogens is 1. The van der Waals surface area contributed by atoms with Crippen LogP contribution in [0.3, 0.4) is 0 Å². The Morgan fingerprint density at radius 2 is 2.00 bits per heavy atom. The molecule has 1 aromatic heterocycles. The summed E-state index contributed by atoms with van der Waals surface area (Å²) < 4.78 is 10.1. The quantitative estimate of drug-likeness (QED) is 0.618. The van der Waals surface area contributed by atoms with Crippen LogP contribution in [0.1, 0.15) is 5.56 Å². The Kier molecular flexibility index (Phi) is 4.34. The van der Waals surface area contributed by atoms with E-state index >= 15 is 0 Å². The molecule has 0 saturated heterocycles. The molecule has 0 aromatic carbocycles. The van der Waals surface area contributed by atoms with Crippen LogP contribution in [-0.4, -0.2) is 25.3 Å². The summed E-state index contributed by atoms with van der Waals surface area (Å²) >= 11 is 0. The van der Waals surface area contributed by atoms with Crippen LogP contribution in [0.4, 0.5) is 0 Å². The smallest absolute Gasteiger partial charge is 0.0719 e. The molecule has 0 radical (unpaired) electrons. The van der Waals surface area contributed by atoms with Gasteiger partial charge < -0.3 is 9.47 Å². The molecule has 0 unspecified atom stereocenters. The van der Waals surface area contributed by atoms with Crippen LogP contribution in [-0.2, 0) is 16.1 Å². The number of ether oxygens (including phenoxy) is 2. The Hall–Kier alpha value is -0.930. The minimum Gasteiger partial charge on any atom is -0.382 e. The van der Waals surface area contributed by atoms with Crippen molar-refractivity contribution in [3.63, 3.8) is 0 Å². The molecule has 0 bridgehead atoms. The first-order chi connectivity index (χ1) is 5.93. The zero-order chi connectivity index (χ0) is 8.65. The van der Waals surface area contributed by atoms with Gasteiger partial charge in [-0.3, -0.25) is 4.98 Å². The van der Waals surface area contributed by atoms with Crippen molar-refractivity contribution in [1.29, 1.82) is 0 Å². The van der Waals surface area contributed by atoms with Crippen LogP contribution < -0.4 is 0 Å². The van der Waals surface area contributed by atoms with E-state index in [2.05, 4.69) is 4.98 Å². The van der Waals surface area contributed by atoms with Gasteiger partial charge in [-0.2, -0.15) is 0 Å². The molecular formula is C9H13NO2. The summed E-state index contributed by atoms with van der Waals surface area (Å²) in [7, 11) is 1.66. The lowest BCUT2D eigenvalue weighted by Crippen LogP contribution is -2.01. The average Bonchev–Trinajstić information content (AvgIpc) is 2.14. The highest BCUT2D eigenvalue weighted by Gasteiger charge is 1.90.